The first kappa shape index (κ1) is 23.4. The van der Waals surface area contributed by atoms with Gasteiger partial charge in [-0.25, -0.2) is 4.98 Å². The molecule has 0 saturated carbocycles. The molecular weight excluding hydrogens is 414 g/mol. The van der Waals surface area contributed by atoms with Crippen molar-refractivity contribution in [2.75, 3.05) is 24.6 Å². The molecule has 160 valence electrons. The first-order chi connectivity index (χ1) is 13.7. The van der Waals surface area contributed by atoms with Crippen molar-refractivity contribution in [3.8, 4) is 5.88 Å². The van der Waals surface area contributed by atoms with Gasteiger partial charge in [0, 0.05) is 13.1 Å². The van der Waals surface area contributed by atoms with E-state index in [0.29, 0.717) is 5.88 Å². The van der Waals surface area contributed by atoms with Gasteiger partial charge in [-0.3, -0.25) is 0 Å². The van der Waals surface area contributed by atoms with Crippen molar-refractivity contribution in [3.05, 3.63) is 10.2 Å². The predicted molar refractivity (Wildman–Crippen MR) is 122 cm³/mol. The number of rotatable bonds is 16. The molecule has 4 nitrogen and oxygen atoms in total. The van der Waals surface area contributed by atoms with E-state index in [9.17, 15) is 0 Å². The number of aryl methyl sites for hydroxylation is 1. The molecule has 1 fully saturated rings. The van der Waals surface area contributed by atoms with Crippen LogP contribution in [0.3, 0.4) is 0 Å². The number of unbranched alkanes of at least 4 members (excludes halogenated alkanes) is 12. The van der Waals surface area contributed by atoms with Crippen LogP contribution in [0, 0.1) is 6.92 Å². The highest BCUT2D eigenvalue weighted by atomic mass is 79.9. The summed E-state index contributed by atoms with van der Waals surface area (Å²) in [4.78, 5) is 11.4. The highest BCUT2D eigenvalue weighted by Gasteiger charge is 2.20. The van der Waals surface area contributed by atoms with Crippen molar-refractivity contribution in [2.45, 2.75) is 104 Å². The third-order valence-corrected chi connectivity index (χ3v) is 6.51. The van der Waals surface area contributed by atoms with Crippen molar-refractivity contribution in [2.24, 2.45) is 0 Å². The molecule has 1 aromatic heterocycles. The van der Waals surface area contributed by atoms with E-state index < -0.39 is 0 Å². The van der Waals surface area contributed by atoms with E-state index in [2.05, 4.69) is 37.7 Å². The third kappa shape index (κ3) is 8.67. The predicted octanol–water partition coefficient (Wildman–Crippen LogP) is 7.23. The zero-order valence-corrected chi connectivity index (χ0v) is 19.7. The summed E-state index contributed by atoms with van der Waals surface area (Å²) < 4.78 is 6.85. The summed E-state index contributed by atoms with van der Waals surface area (Å²) >= 11 is 3.58. The van der Waals surface area contributed by atoms with Crippen LogP contribution in [0.15, 0.2) is 4.47 Å². The van der Waals surface area contributed by atoms with Crippen LogP contribution in [-0.2, 0) is 0 Å². The molecule has 1 saturated heterocycles. The van der Waals surface area contributed by atoms with E-state index in [4.69, 9.17) is 4.74 Å². The molecule has 0 aromatic carbocycles. The van der Waals surface area contributed by atoms with E-state index >= 15 is 0 Å². The van der Waals surface area contributed by atoms with Gasteiger partial charge < -0.3 is 9.64 Å². The van der Waals surface area contributed by atoms with Crippen molar-refractivity contribution in [1.29, 1.82) is 0 Å². The van der Waals surface area contributed by atoms with Gasteiger partial charge in [0.1, 0.15) is 4.47 Å². The van der Waals surface area contributed by atoms with Gasteiger partial charge in [0.05, 0.1) is 12.3 Å². The fraction of sp³-hybridized carbons (Fsp3) is 0.826. The summed E-state index contributed by atoms with van der Waals surface area (Å²) in [7, 11) is 0. The van der Waals surface area contributed by atoms with Crippen LogP contribution in [0.1, 0.15) is 103 Å². The number of hydrogen-bond donors (Lipinski definition) is 0. The Bertz CT molecular complexity index is 549. The molecule has 0 aliphatic carbocycles. The van der Waals surface area contributed by atoms with Crippen LogP contribution in [0.2, 0.25) is 0 Å². The smallest absolute Gasteiger partial charge is 0.233 e. The number of nitrogens with zero attached hydrogens (tertiary/aromatic N) is 3. The first-order valence-corrected chi connectivity index (χ1v) is 12.4. The van der Waals surface area contributed by atoms with Gasteiger partial charge in [0.15, 0.2) is 0 Å². The maximum atomic E-state index is 5.95. The van der Waals surface area contributed by atoms with Gasteiger partial charge in [0.25, 0.3) is 0 Å². The largest absolute Gasteiger partial charge is 0.477 e. The van der Waals surface area contributed by atoms with Crippen molar-refractivity contribution >= 4 is 21.9 Å². The van der Waals surface area contributed by atoms with Crippen LogP contribution in [0.25, 0.3) is 0 Å². The van der Waals surface area contributed by atoms with Crippen molar-refractivity contribution in [3.63, 3.8) is 0 Å². The number of hydrogen-bond acceptors (Lipinski definition) is 4. The maximum absolute atomic E-state index is 5.95. The molecule has 1 aromatic rings. The average Bonchev–Trinajstić information content (AvgIpc) is 2.64. The molecule has 0 bridgehead atoms. The SMILES string of the molecule is CCCCCCCCCCCCCCCOc1nc(N2CCC2)nc(C)c1Br. The zero-order valence-electron chi connectivity index (χ0n) is 18.1. The van der Waals surface area contributed by atoms with Gasteiger partial charge in [-0.1, -0.05) is 84.0 Å². The number of anilines is 1. The summed E-state index contributed by atoms with van der Waals surface area (Å²) in [5.41, 5.74) is 0.956. The second kappa shape index (κ2) is 14.2. The first-order valence-electron chi connectivity index (χ1n) is 11.6. The lowest BCUT2D eigenvalue weighted by atomic mass is 10.0. The summed E-state index contributed by atoms with van der Waals surface area (Å²) in [6.45, 7) is 7.14. The van der Waals surface area contributed by atoms with Crippen LogP contribution in [0.5, 0.6) is 5.88 Å². The lowest BCUT2D eigenvalue weighted by molar-refractivity contribution is 0.290. The van der Waals surface area contributed by atoms with Gasteiger partial charge in [-0.15, -0.1) is 0 Å². The van der Waals surface area contributed by atoms with Crippen LogP contribution >= 0.6 is 15.9 Å². The summed E-state index contributed by atoms with van der Waals surface area (Å²) in [5, 5.41) is 0. The molecule has 0 unspecified atom stereocenters. The molecule has 2 heterocycles. The minimum absolute atomic E-state index is 0.702. The standard InChI is InChI=1S/C23H40BrN3O/c1-3-4-5-6-7-8-9-10-11-12-13-14-15-19-28-22-21(24)20(2)25-23(26-22)27-17-16-18-27/h3-19H2,1-2H3. The monoisotopic (exact) mass is 453 g/mol. The molecule has 0 N–H and O–H groups in total. The Morgan fingerprint density at radius 1 is 0.821 bits per heavy atom. The summed E-state index contributed by atoms with van der Waals surface area (Å²) in [6.07, 6.45) is 19.0. The van der Waals surface area contributed by atoms with E-state index in [1.807, 2.05) is 6.92 Å². The second-order valence-electron chi connectivity index (χ2n) is 8.16. The van der Waals surface area contributed by atoms with Gasteiger partial charge in [-0.05, 0) is 35.7 Å². The number of halogens is 1. The van der Waals surface area contributed by atoms with E-state index in [1.54, 1.807) is 0 Å². The highest BCUT2D eigenvalue weighted by Crippen LogP contribution is 2.29. The van der Waals surface area contributed by atoms with E-state index in [0.717, 1.165) is 42.2 Å². The molecule has 0 spiro atoms. The van der Waals surface area contributed by atoms with Crippen LogP contribution < -0.4 is 9.64 Å². The van der Waals surface area contributed by atoms with E-state index in [1.165, 1.54) is 83.5 Å². The minimum atomic E-state index is 0.702. The topological polar surface area (TPSA) is 38.2 Å². The Kier molecular flexibility index (Phi) is 11.9. The molecule has 28 heavy (non-hydrogen) atoms. The Balaban J connectivity index is 1.47. The van der Waals surface area contributed by atoms with Gasteiger partial charge in [0.2, 0.25) is 11.8 Å². The third-order valence-electron chi connectivity index (χ3n) is 5.60. The van der Waals surface area contributed by atoms with Crippen molar-refractivity contribution in [1.82, 2.24) is 9.97 Å². The van der Waals surface area contributed by atoms with Crippen molar-refractivity contribution < 1.29 is 4.74 Å². The Labute approximate surface area is 181 Å². The maximum Gasteiger partial charge on any atom is 0.233 e. The van der Waals surface area contributed by atoms with Gasteiger partial charge in [-0.2, -0.15) is 4.98 Å². The molecule has 5 heteroatoms. The van der Waals surface area contributed by atoms with Crippen LogP contribution in [0.4, 0.5) is 5.95 Å². The summed E-state index contributed by atoms with van der Waals surface area (Å²) in [6, 6.07) is 0. The fourth-order valence-electron chi connectivity index (χ4n) is 3.56. The number of aromatic nitrogens is 2. The lowest BCUT2D eigenvalue weighted by Crippen LogP contribution is -2.38. The van der Waals surface area contributed by atoms with E-state index in [-0.39, 0.29) is 0 Å². The second-order valence-corrected chi connectivity index (χ2v) is 8.95. The molecule has 0 radical (unpaired) electrons. The lowest BCUT2D eigenvalue weighted by Gasteiger charge is -2.31. The molecule has 0 atom stereocenters. The Hall–Kier alpha value is -0.840. The summed E-state index contributed by atoms with van der Waals surface area (Å²) in [5.74, 6) is 1.51. The normalized spacial score (nSPS) is 13.6. The highest BCUT2D eigenvalue weighted by molar-refractivity contribution is 9.10. The number of ether oxygens (including phenoxy) is 1. The quantitative estimate of drug-likeness (QED) is 0.247. The fourth-order valence-corrected chi connectivity index (χ4v) is 3.85. The molecule has 1 aliphatic heterocycles. The molecular formula is C23H40BrN3O. The van der Waals surface area contributed by atoms with Gasteiger partial charge >= 0.3 is 0 Å². The minimum Gasteiger partial charge on any atom is -0.477 e. The molecule has 2 rings (SSSR count). The van der Waals surface area contributed by atoms with Crippen LogP contribution in [-0.4, -0.2) is 29.7 Å². The molecule has 0 amide bonds. The zero-order chi connectivity index (χ0) is 20.0. The Morgan fingerprint density at radius 3 is 1.86 bits per heavy atom. The Morgan fingerprint density at radius 2 is 1.36 bits per heavy atom. The molecule has 1 aliphatic rings. The average molecular weight is 454 g/mol.